The predicted octanol–water partition coefficient (Wildman–Crippen LogP) is 4.70. The van der Waals surface area contributed by atoms with E-state index in [2.05, 4.69) is 37.3 Å². The van der Waals surface area contributed by atoms with Crippen molar-refractivity contribution in [2.24, 2.45) is 0 Å². The van der Waals surface area contributed by atoms with Crippen LogP contribution in [0.4, 0.5) is 0 Å². The summed E-state index contributed by atoms with van der Waals surface area (Å²) in [5.74, 6) is -1.04. The number of carbonyl (C=O) groups excluding carboxylic acids is 2. The molecule has 1 aromatic heterocycles. The summed E-state index contributed by atoms with van der Waals surface area (Å²) in [6.45, 7) is 5.71. The monoisotopic (exact) mass is 445 g/mol. The molecule has 1 N–H and O–H groups in total. The number of amides is 1. The third kappa shape index (κ3) is 3.77. The number of aryl methyl sites for hydroxylation is 2. The smallest absolute Gasteiger partial charge is 0.334 e. The van der Waals surface area contributed by atoms with Gasteiger partial charge in [-0.25, -0.2) is 4.79 Å². The molecule has 0 bridgehead atoms. The molecule has 22 heavy (non-hydrogen) atoms. The van der Waals surface area contributed by atoms with Gasteiger partial charge < -0.3 is 4.84 Å². The number of carbonyl (C=O) groups is 2. The predicted molar refractivity (Wildman–Crippen MR) is 93.3 cm³/mol. The van der Waals surface area contributed by atoms with Crippen molar-refractivity contribution in [3.8, 4) is 0 Å². The Hall–Kier alpha value is -1.18. The quantitative estimate of drug-likeness (QED) is 0.680. The highest BCUT2D eigenvalue weighted by molar-refractivity contribution is 9.13. The van der Waals surface area contributed by atoms with Crippen LogP contribution in [0.25, 0.3) is 0 Å². The average molecular weight is 447 g/mol. The molecule has 0 aliphatic rings. The van der Waals surface area contributed by atoms with Gasteiger partial charge in [-0.05, 0) is 75.9 Å². The maximum absolute atomic E-state index is 12.2. The fourth-order valence-electron chi connectivity index (χ4n) is 1.92. The van der Waals surface area contributed by atoms with E-state index < -0.39 is 11.9 Å². The van der Waals surface area contributed by atoms with Crippen molar-refractivity contribution in [2.45, 2.75) is 20.8 Å². The summed E-state index contributed by atoms with van der Waals surface area (Å²) in [5.41, 5.74) is 5.56. The second-order valence-corrected chi connectivity index (χ2v) is 8.03. The van der Waals surface area contributed by atoms with Gasteiger partial charge in [-0.2, -0.15) is 5.48 Å². The lowest BCUT2D eigenvalue weighted by Gasteiger charge is -2.10. The van der Waals surface area contributed by atoms with E-state index in [9.17, 15) is 9.59 Å². The number of hydroxylamine groups is 1. The lowest BCUT2D eigenvalue weighted by Crippen LogP contribution is -2.27. The van der Waals surface area contributed by atoms with Crippen LogP contribution in [0.2, 0.25) is 0 Å². The number of benzene rings is 1. The SMILES string of the molecule is Cc1cc(C)c(C)c(C(=O)NOC(=O)c2cc(Br)c(Br)s2)c1. The molecule has 116 valence electrons. The summed E-state index contributed by atoms with van der Waals surface area (Å²) in [6.07, 6.45) is 0. The van der Waals surface area contributed by atoms with Crippen LogP contribution in [-0.2, 0) is 4.84 Å². The fourth-order valence-corrected chi connectivity index (χ4v) is 3.83. The van der Waals surface area contributed by atoms with E-state index in [-0.39, 0.29) is 0 Å². The Kier molecular flexibility index (Phi) is 5.41. The Morgan fingerprint density at radius 3 is 2.41 bits per heavy atom. The van der Waals surface area contributed by atoms with Gasteiger partial charge in [-0.1, -0.05) is 11.6 Å². The van der Waals surface area contributed by atoms with E-state index in [1.807, 2.05) is 26.8 Å². The first-order chi connectivity index (χ1) is 10.3. The van der Waals surface area contributed by atoms with Gasteiger partial charge in [-0.3, -0.25) is 4.79 Å². The van der Waals surface area contributed by atoms with E-state index in [0.29, 0.717) is 10.4 Å². The van der Waals surface area contributed by atoms with E-state index in [1.54, 1.807) is 12.1 Å². The number of rotatable bonds is 2. The van der Waals surface area contributed by atoms with E-state index in [1.165, 1.54) is 11.3 Å². The highest BCUT2D eigenvalue weighted by Crippen LogP contribution is 2.32. The van der Waals surface area contributed by atoms with Crippen molar-refractivity contribution in [1.29, 1.82) is 0 Å². The highest BCUT2D eigenvalue weighted by Gasteiger charge is 2.17. The highest BCUT2D eigenvalue weighted by atomic mass is 79.9. The van der Waals surface area contributed by atoms with Gasteiger partial charge in [0.2, 0.25) is 0 Å². The summed E-state index contributed by atoms with van der Waals surface area (Å²) in [5, 5.41) is 0. The molecule has 0 aliphatic heterocycles. The number of halogens is 2. The third-order valence-corrected chi connectivity index (χ3v) is 6.38. The van der Waals surface area contributed by atoms with Crippen molar-refractivity contribution in [3.05, 3.63) is 53.6 Å². The molecule has 1 amide bonds. The first-order valence-electron chi connectivity index (χ1n) is 6.33. The molecule has 0 spiro atoms. The molecule has 1 aromatic carbocycles. The molecule has 0 saturated heterocycles. The van der Waals surface area contributed by atoms with Gasteiger partial charge in [0, 0.05) is 10.0 Å². The Morgan fingerprint density at radius 1 is 1.14 bits per heavy atom. The second kappa shape index (κ2) is 6.93. The van der Waals surface area contributed by atoms with Crippen LogP contribution < -0.4 is 5.48 Å². The van der Waals surface area contributed by atoms with Crippen LogP contribution in [0, 0.1) is 20.8 Å². The van der Waals surface area contributed by atoms with Gasteiger partial charge >= 0.3 is 5.97 Å². The minimum absolute atomic E-state index is 0.385. The number of nitrogens with one attached hydrogen (secondary N) is 1. The van der Waals surface area contributed by atoms with Crippen LogP contribution in [0.15, 0.2) is 26.5 Å². The number of thiophene rings is 1. The lowest BCUT2D eigenvalue weighted by atomic mass is 10.00. The molecular formula is C15H13Br2NO3S. The lowest BCUT2D eigenvalue weighted by molar-refractivity contribution is 0.0234. The Bertz CT molecular complexity index is 736. The first-order valence-corrected chi connectivity index (χ1v) is 8.74. The van der Waals surface area contributed by atoms with Crippen LogP contribution in [0.5, 0.6) is 0 Å². The molecule has 2 rings (SSSR count). The number of hydrogen-bond donors (Lipinski definition) is 1. The molecule has 7 heteroatoms. The third-order valence-electron chi connectivity index (χ3n) is 3.14. The van der Waals surface area contributed by atoms with Gasteiger partial charge in [0.05, 0.1) is 3.79 Å². The summed E-state index contributed by atoms with van der Waals surface area (Å²) in [6, 6.07) is 5.40. The zero-order chi connectivity index (χ0) is 16.4. The van der Waals surface area contributed by atoms with Crippen LogP contribution in [0.3, 0.4) is 0 Å². The second-order valence-electron chi connectivity index (χ2n) is 4.81. The minimum atomic E-state index is -0.605. The van der Waals surface area contributed by atoms with Crippen molar-refractivity contribution in [1.82, 2.24) is 5.48 Å². The molecule has 0 atom stereocenters. The van der Waals surface area contributed by atoms with Gasteiger partial charge in [0.1, 0.15) is 4.88 Å². The zero-order valence-corrected chi connectivity index (χ0v) is 16.1. The van der Waals surface area contributed by atoms with Crippen molar-refractivity contribution in [2.75, 3.05) is 0 Å². The Labute approximate surface area is 149 Å². The topological polar surface area (TPSA) is 55.4 Å². The summed E-state index contributed by atoms with van der Waals surface area (Å²) in [4.78, 5) is 29.3. The summed E-state index contributed by atoms with van der Waals surface area (Å²) >= 11 is 7.82. The van der Waals surface area contributed by atoms with Gasteiger partial charge in [0.15, 0.2) is 0 Å². The molecule has 4 nitrogen and oxygen atoms in total. The molecule has 1 heterocycles. The Balaban J connectivity index is 2.08. The number of hydrogen-bond acceptors (Lipinski definition) is 4. The summed E-state index contributed by atoms with van der Waals surface area (Å²) in [7, 11) is 0. The maximum atomic E-state index is 12.2. The fraction of sp³-hybridized carbons (Fsp3) is 0.200. The molecule has 0 unspecified atom stereocenters. The van der Waals surface area contributed by atoms with Gasteiger partial charge in [-0.15, -0.1) is 11.3 Å². The molecule has 0 fully saturated rings. The average Bonchev–Trinajstić information content (AvgIpc) is 2.79. The molecule has 0 aliphatic carbocycles. The molecule has 0 saturated carbocycles. The van der Waals surface area contributed by atoms with Crippen LogP contribution in [-0.4, -0.2) is 11.9 Å². The molecule has 0 radical (unpaired) electrons. The maximum Gasteiger partial charge on any atom is 0.372 e. The normalized spacial score (nSPS) is 10.4. The first kappa shape index (κ1) is 17.2. The van der Waals surface area contributed by atoms with Crippen molar-refractivity contribution in [3.63, 3.8) is 0 Å². The van der Waals surface area contributed by atoms with Crippen molar-refractivity contribution < 1.29 is 14.4 Å². The standard InChI is InChI=1S/C15H13Br2NO3S/c1-7-4-8(2)9(3)10(5-7)14(19)18-21-15(20)12-6-11(16)13(17)22-12/h4-6H,1-3H3,(H,18,19). The van der Waals surface area contributed by atoms with E-state index in [0.717, 1.165) is 24.9 Å². The summed E-state index contributed by atoms with van der Waals surface area (Å²) < 4.78 is 1.55. The van der Waals surface area contributed by atoms with Crippen LogP contribution in [0.1, 0.15) is 36.7 Å². The van der Waals surface area contributed by atoms with Crippen LogP contribution >= 0.6 is 43.2 Å². The van der Waals surface area contributed by atoms with E-state index >= 15 is 0 Å². The molecular weight excluding hydrogens is 434 g/mol. The van der Waals surface area contributed by atoms with Gasteiger partial charge in [0.25, 0.3) is 5.91 Å². The zero-order valence-electron chi connectivity index (χ0n) is 12.1. The van der Waals surface area contributed by atoms with Crippen molar-refractivity contribution >= 4 is 55.1 Å². The van der Waals surface area contributed by atoms with E-state index in [4.69, 9.17) is 4.84 Å². The largest absolute Gasteiger partial charge is 0.372 e. The minimum Gasteiger partial charge on any atom is -0.334 e. The molecule has 2 aromatic rings. The Morgan fingerprint density at radius 2 is 1.82 bits per heavy atom.